The Hall–Kier alpha value is -0.610. The number of hydrogen-bond acceptors (Lipinski definition) is 3. The van der Waals surface area contributed by atoms with E-state index in [9.17, 15) is 9.90 Å². The normalized spacial score (nSPS) is 41.1. The number of rotatable bonds is 3. The van der Waals surface area contributed by atoms with E-state index in [0.717, 1.165) is 38.6 Å². The van der Waals surface area contributed by atoms with E-state index in [-0.39, 0.29) is 12.2 Å². The summed E-state index contributed by atoms with van der Waals surface area (Å²) in [7, 11) is 0. The van der Waals surface area contributed by atoms with Crippen molar-refractivity contribution in [3.05, 3.63) is 0 Å². The highest BCUT2D eigenvalue weighted by molar-refractivity contribution is 5.75. The number of nitrogens with zero attached hydrogens (tertiary/aromatic N) is 1. The second-order valence-corrected chi connectivity index (χ2v) is 6.40. The van der Waals surface area contributed by atoms with Crippen LogP contribution in [0.1, 0.15) is 52.9 Å². The molecule has 2 aliphatic heterocycles. The first-order chi connectivity index (χ1) is 8.97. The fraction of sp³-hybridized carbons (Fsp3) is 0.933. The lowest BCUT2D eigenvalue weighted by atomic mass is 9.76. The van der Waals surface area contributed by atoms with E-state index in [1.807, 2.05) is 6.92 Å². The van der Waals surface area contributed by atoms with E-state index in [2.05, 4.69) is 18.7 Å². The first-order valence-electron chi connectivity index (χ1n) is 7.60. The zero-order valence-electron chi connectivity index (χ0n) is 12.4. The van der Waals surface area contributed by atoms with Crippen LogP contribution in [-0.4, -0.2) is 47.3 Å². The summed E-state index contributed by atoms with van der Waals surface area (Å²) < 4.78 is 5.79. The number of aliphatic carboxylic acids is 1. The maximum atomic E-state index is 11.6. The minimum atomic E-state index is -0.618. The van der Waals surface area contributed by atoms with Gasteiger partial charge in [-0.05, 0) is 52.5 Å². The van der Waals surface area contributed by atoms with Gasteiger partial charge in [0.1, 0.15) is 0 Å². The molecule has 2 saturated heterocycles. The second-order valence-electron chi connectivity index (χ2n) is 6.40. The second kappa shape index (κ2) is 5.80. The number of ether oxygens (including phenoxy) is 1. The van der Waals surface area contributed by atoms with Gasteiger partial charge in [-0.25, -0.2) is 0 Å². The molecule has 4 heteroatoms. The molecule has 1 N–H and O–H groups in total. The molecule has 2 fully saturated rings. The first kappa shape index (κ1) is 14.8. The zero-order valence-corrected chi connectivity index (χ0v) is 12.4. The predicted octanol–water partition coefficient (Wildman–Crippen LogP) is 2.52. The summed E-state index contributed by atoms with van der Waals surface area (Å²) in [5, 5.41) is 9.56. The first-order valence-corrected chi connectivity index (χ1v) is 7.60. The van der Waals surface area contributed by atoms with Crippen molar-refractivity contribution in [2.24, 2.45) is 5.41 Å². The van der Waals surface area contributed by atoms with Gasteiger partial charge in [0, 0.05) is 12.6 Å². The molecule has 0 aromatic carbocycles. The molecule has 0 aromatic heterocycles. The quantitative estimate of drug-likeness (QED) is 0.855. The molecule has 3 unspecified atom stereocenters. The van der Waals surface area contributed by atoms with Crippen LogP contribution in [0.5, 0.6) is 0 Å². The average Bonchev–Trinajstić information content (AvgIpc) is 2.37. The van der Waals surface area contributed by atoms with Crippen LogP contribution < -0.4 is 0 Å². The summed E-state index contributed by atoms with van der Waals surface area (Å²) in [6, 6.07) is 0.490. The number of piperidine rings is 1. The molecule has 0 bridgehead atoms. The largest absolute Gasteiger partial charge is 0.481 e. The molecule has 0 amide bonds. The van der Waals surface area contributed by atoms with E-state index >= 15 is 0 Å². The molecule has 0 spiro atoms. The Bertz CT molecular complexity index is 323. The molecular formula is C15H27NO3. The Labute approximate surface area is 116 Å². The molecule has 0 saturated carbocycles. The maximum absolute atomic E-state index is 11.6. The van der Waals surface area contributed by atoms with Crippen LogP contribution in [0.3, 0.4) is 0 Å². The van der Waals surface area contributed by atoms with E-state index in [1.165, 1.54) is 0 Å². The van der Waals surface area contributed by atoms with Crippen molar-refractivity contribution in [2.45, 2.75) is 71.1 Å². The van der Waals surface area contributed by atoms with Gasteiger partial charge in [-0.2, -0.15) is 0 Å². The number of hydrogen-bond donors (Lipinski definition) is 1. The van der Waals surface area contributed by atoms with Crippen molar-refractivity contribution < 1.29 is 14.6 Å². The topological polar surface area (TPSA) is 49.8 Å². The van der Waals surface area contributed by atoms with Crippen LogP contribution in [-0.2, 0) is 9.53 Å². The van der Waals surface area contributed by atoms with Gasteiger partial charge in [-0.1, -0.05) is 6.92 Å². The van der Waals surface area contributed by atoms with E-state index in [1.54, 1.807) is 0 Å². The fourth-order valence-corrected chi connectivity index (χ4v) is 3.76. The Kier molecular flexibility index (Phi) is 4.51. The summed E-state index contributed by atoms with van der Waals surface area (Å²) in [6.45, 7) is 8.00. The Morgan fingerprint density at radius 1 is 1.37 bits per heavy atom. The third-order valence-corrected chi connectivity index (χ3v) is 4.93. The SMILES string of the molecule is CCC1(C(=O)O)CCCN(C2CC(C)OC(C)C2)C1. The minimum absolute atomic E-state index is 0.288. The summed E-state index contributed by atoms with van der Waals surface area (Å²) in [6.07, 6.45) is 5.19. The van der Waals surface area contributed by atoms with Gasteiger partial charge in [0.2, 0.25) is 0 Å². The average molecular weight is 269 g/mol. The van der Waals surface area contributed by atoms with Crippen LogP contribution in [0.4, 0.5) is 0 Å². The van der Waals surface area contributed by atoms with Crippen molar-refractivity contribution in [2.75, 3.05) is 13.1 Å². The van der Waals surface area contributed by atoms with Gasteiger partial charge in [-0.15, -0.1) is 0 Å². The van der Waals surface area contributed by atoms with Crippen LogP contribution in [0.15, 0.2) is 0 Å². The maximum Gasteiger partial charge on any atom is 0.310 e. The van der Waals surface area contributed by atoms with Crippen molar-refractivity contribution in [3.8, 4) is 0 Å². The summed E-state index contributed by atoms with van der Waals surface area (Å²) in [5.74, 6) is -0.618. The van der Waals surface area contributed by atoms with Crippen molar-refractivity contribution >= 4 is 5.97 Å². The molecule has 19 heavy (non-hydrogen) atoms. The summed E-state index contributed by atoms with van der Waals surface area (Å²) in [5.41, 5.74) is -0.525. The van der Waals surface area contributed by atoms with E-state index < -0.39 is 11.4 Å². The molecule has 110 valence electrons. The molecule has 3 atom stereocenters. The smallest absolute Gasteiger partial charge is 0.310 e. The lowest BCUT2D eigenvalue weighted by molar-refractivity contribution is -0.155. The van der Waals surface area contributed by atoms with E-state index in [0.29, 0.717) is 12.6 Å². The molecule has 0 radical (unpaired) electrons. The summed E-state index contributed by atoms with van der Waals surface area (Å²) in [4.78, 5) is 14.0. The molecule has 4 nitrogen and oxygen atoms in total. The molecule has 2 rings (SSSR count). The molecule has 0 aromatic rings. The third-order valence-electron chi connectivity index (χ3n) is 4.93. The summed E-state index contributed by atoms with van der Waals surface area (Å²) >= 11 is 0. The standard InChI is InChI=1S/C15H27NO3/c1-4-15(14(17)18)6-5-7-16(10-15)13-8-11(2)19-12(3)9-13/h11-13H,4-10H2,1-3H3,(H,17,18). The lowest BCUT2D eigenvalue weighted by Crippen LogP contribution is -2.53. The van der Waals surface area contributed by atoms with Crippen LogP contribution in [0, 0.1) is 5.41 Å². The number of carboxylic acids is 1. The number of likely N-dealkylation sites (tertiary alicyclic amines) is 1. The van der Waals surface area contributed by atoms with E-state index in [4.69, 9.17) is 4.74 Å². The number of carbonyl (C=O) groups is 1. The van der Waals surface area contributed by atoms with Crippen LogP contribution >= 0.6 is 0 Å². The third kappa shape index (κ3) is 3.11. The van der Waals surface area contributed by atoms with Crippen molar-refractivity contribution in [1.29, 1.82) is 0 Å². The van der Waals surface area contributed by atoms with Gasteiger partial charge in [-0.3, -0.25) is 9.69 Å². The van der Waals surface area contributed by atoms with Crippen molar-refractivity contribution in [1.82, 2.24) is 4.90 Å². The monoisotopic (exact) mass is 269 g/mol. The van der Waals surface area contributed by atoms with Crippen molar-refractivity contribution in [3.63, 3.8) is 0 Å². The van der Waals surface area contributed by atoms with Gasteiger partial charge in [0.25, 0.3) is 0 Å². The van der Waals surface area contributed by atoms with Crippen LogP contribution in [0.2, 0.25) is 0 Å². The molecule has 2 aliphatic rings. The fourth-order valence-electron chi connectivity index (χ4n) is 3.76. The molecule has 2 heterocycles. The minimum Gasteiger partial charge on any atom is -0.481 e. The Morgan fingerprint density at radius 2 is 2.00 bits per heavy atom. The zero-order chi connectivity index (χ0) is 14.0. The Balaban J connectivity index is 2.06. The molecular weight excluding hydrogens is 242 g/mol. The van der Waals surface area contributed by atoms with Gasteiger partial charge < -0.3 is 9.84 Å². The van der Waals surface area contributed by atoms with Gasteiger partial charge >= 0.3 is 5.97 Å². The highest BCUT2D eigenvalue weighted by atomic mass is 16.5. The highest BCUT2D eigenvalue weighted by Gasteiger charge is 2.43. The predicted molar refractivity (Wildman–Crippen MR) is 74.2 cm³/mol. The lowest BCUT2D eigenvalue weighted by Gasteiger charge is -2.46. The van der Waals surface area contributed by atoms with Gasteiger partial charge in [0.15, 0.2) is 0 Å². The van der Waals surface area contributed by atoms with Gasteiger partial charge in [0.05, 0.1) is 17.6 Å². The highest BCUT2D eigenvalue weighted by Crippen LogP contribution is 2.36. The Morgan fingerprint density at radius 3 is 2.53 bits per heavy atom. The number of carboxylic acid groups (broad SMARTS) is 1. The molecule has 0 aliphatic carbocycles. The van der Waals surface area contributed by atoms with Crippen LogP contribution in [0.25, 0.3) is 0 Å².